The van der Waals surface area contributed by atoms with Crippen molar-refractivity contribution in [2.45, 2.75) is 82.8 Å². The van der Waals surface area contributed by atoms with Crippen molar-refractivity contribution in [3.05, 3.63) is 42.5 Å². The van der Waals surface area contributed by atoms with Gasteiger partial charge in [-0.1, -0.05) is 13.0 Å². The minimum Gasteiger partial charge on any atom is -0.494 e. The molecular formula is C27H36O7. The highest BCUT2D eigenvalue weighted by atomic mass is 16.6. The van der Waals surface area contributed by atoms with Crippen LogP contribution in [0, 0.1) is 5.92 Å². The van der Waals surface area contributed by atoms with E-state index in [0.717, 1.165) is 38.2 Å². The summed E-state index contributed by atoms with van der Waals surface area (Å²) in [5.41, 5.74) is 0.475. The molecule has 186 valence electrons. The summed E-state index contributed by atoms with van der Waals surface area (Å²) in [6.45, 7) is 4.17. The summed E-state index contributed by atoms with van der Waals surface area (Å²) in [4.78, 5) is 35.9. The van der Waals surface area contributed by atoms with E-state index in [1.54, 1.807) is 24.3 Å². The maximum absolute atomic E-state index is 12.5. The Labute approximate surface area is 201 Å². The van der Waals surface area contributed by atoms with Crippen molar-refractivity contribution in [2.75, 3.05) is 13.2 Å². The lowest BCUT2D eigenvalue weighted by molar-refractivity contribution is -0.157. The van der Waals surface area contributed by atoms with E-state index >= 15 is 0 Å². The summed E-state index contributed by atoms with van der Waals surface area (Å²) in [5.74, 6) is -0.276. The lowest BCUT2D eigenvalue weighted by Gasteiger charge is -2.29. The molecule has 1 aromatic rings. The molecule has 0 amide bonds. The number of rotatable bonds is 11. The van der Waals surface area contributed by atoms with E-state index in [0.29, 0.717) is 56.6 Å². The fraction of sp³-hybridized carbons (Fsp3) is 0.593. The molecule has 2 aliphatic rings. The Balaban J connectivity index is 1.32. The van der Waals surface area contributed by atoms with E-state index in [-0.39, 0.29) is 30.1 Å². The molecule has 0 radical (unpaired) electrons. The molecule has 0 saturated heterocycles. The van der Waals surface area contributed by atoms with Gasteiger partial charge in [0.2, 0.25) is 0 Å². The van der Waals surface area contributed by atoms with Gasteiger partial charge in [0.05, 0.1) is 24.7 Å². The molecule has 2 fully saturated rings. The first-order valence-corrected chi connectivity index (χ1v) is 12.5. The van der Waals surface area contributed by atoms with Crippen LogP contribution in [-0.2, 0) is 23.8 Å². The zero-order valence-electron chi connectivity index (χ0n) is 19.9. The van der Waals surface area contributed by atoms with Crippen molar-refractivity contribution in [2.24, 2.45) is 5.92 Å². The minimum atomic E-state index is -0.423. The molecule has 7 heteroatoms. The van der Waals surface area contributed by atoms with Gasteiger partial charge in [0.15, 0.2) is 0 Å². The Hall–Kier alpha value is -2.83. The Morgan fingerprint density at radius 3 is 2.15 bits per heavy atom. The molecule has 0 N–H and O–H groups in total. The van der Waals surface area contributed by atoms with Crippen molar-refractivity contribution in [1.82, 2.24) is 0 Å². The Bertz CT molecular complexity index is 803. The first-order chi connectivity index (χ1) is 16.5. The molecule has 1 aromatic carbocycles. The predicted octanol–water partition coefficient (Wildman–Crippen LogP) is 5.17. The van der Waals surface area contributed by atoms with E-state index in [2.05, 4.69) is 6.58 Å². The molecule has 7 nitrogen and oxygen atoms in total. The van der Waals surface area contributed by atoms with Crippen molar-refractivity contribution < 1.29 is 33.3 Å². The molecule has 0 heterocycles. The largest absolute Gasteiger partial charge is 0.494 e. The van der Waals surface area contributed by atoms with Crippen molar-refractivity contribution in [3.8, 4) is 5.75 Å². The molecule has 2 aliphatic carbocycles. The van der Waals surface area contributed by atoms with Gasteiger partial charge < -0.3 is 18.9 Å². The Morgan fingerprint density at radius 2 is 1.47 bits per heavy atom. The molecule has 3 rings (SSSR count). The summed E-state index contributed by atoms with van der Waals surface area (Å²) in [5, 5.41) is 0. The molecule has 0 unspecified atom stereocenters. The van der Waals surface area contributed by atoms with Crippen LogP contribution in [0.5, 0.6) is 5.75 Å². The number of benzene rings is 1. The van der Waals surface area contributed by atoms with Crippen LogP contribution in [-0.4, -0.2) is 43.3 Å². The summed E-state index contributed by atoms with van der Waals surface area (Å²) in [6.07, 6.45) is 10.7. The number of unbranched alkanes of at least 4 members (excludes halogenated alkanes) is 1. The van der Waals surface area contributed by atoms with Crippen LogP contribution in [0.15, 0.2) is 36.9 Å². The van der Waals surface area contributed by atoms with Crippen molar-refractivity contribution >= 4 is 17.9 Å². The van der Waals surface area contributed by atoms with Crippen LogP contribution >= 0.6 is 0 Å². The maximum Gasteiger partial charge on any atom is 0.338 e. The van der Waals surface area contributed by atoms with Crippen LogP contribution in [0.2, 0.25) is 0 Å². The number of carbonyl (C=O) groups excluding carboxylic acids is 3. The second kappa shape index (κ2) is 13.8. The highest BCUT2D eigenvalue weighted by molar-refractivity contribution is 5.89. The first-order valence-electron chi connectivity index (χ1n) is 12.5. The van der Waals surface area contributed by atoms with Gasteiger partial charge in [0.25, 0.3) is 0 Å². The van der Waals surface area contributed by atoms with Crippen molar-refractivity contribution in [3.63, 3.8) is 0 Å². The van der Waals surface area contributed by atoms with Gasteiger partial charge in [-0.2, -0.15) is 0 Å². The average molecular weight is 473 g/mol. The van der Waals surface area contributed by atoms with Crippen LogP contribution < -0.4 is 4.74 Å². The van der Waals surface area contributed by atoms with Crippen LogP contribution in [0.4, 0.5) is 0 Å². The van der Waals surface area contributed by atoms with Crippen LogP contribution in [0.25, 0.3) is 0 Å². The van der Waals surface area contributed by atoms with E-state index in [4.69, 9.17) is 18.9 Å². The Morgan fingerprint density at radius 1 is 0.824 bits per heavy atom. The second-order valence-corrected chi connectivity index (χ2v) is 9.03. The van der Waals surface area contributed by atoms with Gasteiger partial charge in [-0.3, -0.25) is 4.79 Å². The van der Waals surface area contributed by atoms with Gasteiger partial charge in [0, 0.05) is 6.08 Å². The molecule has 0 atom stereocenters. The molecule has 0 aliphatic heterocycles. The summed E-state index contributed by atoms with van der Waals surface area (Å²) < 4.78 is 21.9. The topological polar surface area (TPSA) is 88.1 Å². The fourth-order valence-corrected chi connectivity index (χ4v) is 4.39. The third kappa shape index (κ3) is 8.50. The lowest BCUT2D eigenvalue weighted by atomic mass is 9.87. The number of hydrogen-bond donors (Lipinski definition) is 0. The molecule has 34 heavy (non-hydrogen) atoms. The molecule has 0 spiro atoms. The maximum atomic E-state index is 12.5. The van der Waals surface area contributed by atoms with E-state index in [1.807, 2.05) is 0 Å². The SMILES string of the molecule is C=CC(=O)OCCCCOc1ccc(C(=O)OC2CCC(C(=O)OC3CCCCC3)CC2)cc1. The quantitative estimate of drug-likeness (QED) is 0.190. The predicted molar refractivity (Wildman–Crippen MR) is 126 cm³/mol. The van der Waals surface area contributed by atoms with Crippen LogP contribution in [0.3, 0.4) is 0 Å². The fourth-order valence-electron chi connectivity index (χ4n) is 4.39. The molecular weight excluding hydrogens is 436 g/mol. The number of carbonyl (C=O) groups is 3. The Kier molecular flexibility index (Phi) is 10.4. The summed E-state index contributed by atoms with van der Waals surface area (Å²) >= 11 is 0. The molecule has 0 bridgehead atoms. The van der Waals surface area contributed by atoms with Gasteiger partial charge in [0.1, 0.15) is 18.0 Å². The zero-order valence-corrected chi connectivity index (χ0v) is 19.9. The average Bonchev–Trinajstić information content (AvgIpc) is 2.87. The van der Waals surface area contributed by atoms with Gasteiger partial charge >= 0.3 is 17.9 Å². The number of esters is 3. The van der Waals surface area contributed by atoms with Gasteiger partial charge in [-0.05, 0) is 88.5 Å². The minimum absolute atomic E-state index is 0.0787. The normalized spacial score (nSPS) is 20.7. The standard InChI is InChI=1S/C27H36O7/c1-2-25(28)32-19-7-6-18-31-22-14-10-20(11-15-22)27(30)34-24-16-12-21(13-17-24)26(29)33-23-8-4-3-5-9-23/h2,10-11,14-15,21,23-24H,1,3-9,12-13,16-19H2. The lowest BCUT2D eigenvalue weighted by Crippen LogP contribution is -2.31. The molecule has 2 saturated carbocycles. The van der Waals surface area contributed by atoms with Crippen LogP contribution in [0.1, 0.15) is 81.0 Å². The number of hydrogen-bond acceptors (Lipinski definition) is 7. The smallest absolute Gasteiger partial charge is 0.338 e. The molecule has 0 aromatic heterocycles. The summed E-state index contributed by atoms with van der Waals surface area (Å²) in [7, 11) is 0. The van der Waals surface area contributed by atoms with E-state index < -0.39 is 5.97 Å². The van der Waals surface area contributed by atoms with Gasteiger partial charge in [-0.25, -0.2) is 9.59 Å². The number of ether oxygens (including phenoxy) is 4. The highest BCUT2D eigenvalue weighted by Crippen LogP contribution is 2.30. The third-order valence-electron chi connectivity index (χ3n) is 6.42. The highest BCUT2D eigenvalue weighted by Gasteiger charge is 2.31. The first kappa shape index (κ1) is 25.8. The van der Waals surface area contributed by atoms with Gasteiger partial charge in [-0.15, -0.1) is 0 Å². The van der Waals surface area contributed by atoms with E-state index in [1.165, 1.54) is 6.42 Å². The third-order valence-corrected chi connectivity index (χ3v) is 6.42. The van der Waals surface area contributed by atoms with E-state index in [9.17, 15) is 14.4 Å². The monoisotopic (exact) mass is 472 g/mol. The van der Waals surface area contributed by atoms with Crippen molar-refractivity contribution in [1.29, 1.82) is 0 Å². The second-order valence-electron chi connectivity index (χ2n) is 9.03. The zero-order chi connectivity index (χ0) is 24.2. The summed E-state index contributed by atoms with van der Waals surface area (Å²) in [6, 6.07) is 6.87.